The van der Waals surface area contributed by atoms with E-state index in [-0.39, 0.29) is 15.4 Å². The molecule has 1 aromatic carbocycles. The fourth-order valence-electron chi connectivity index (χ4n) is 1.21. The van der Waals surface area contributed by atoms with Crippen LogP contribution in [0.1, 0.15) is 15.9 Å². The predicted molar refractivity (Wildman–Crippen MR) is 58.5 cm³/mol. The molecule has 0 aliphatic carbocycles. The first-order valence-electron chi connectivity index (χ1n) is 4.01. The van der Waals surface area contributed by atoms with E-state index in [1.54, 1.807) is 0 Å². The normalized spacial score (nSPS) is 11.4. The highest BCUT2D eigenvalue weighted by atomic mass is 32.2. The third-order valence-electron chi connectivity index (χ3n) is 2.02. The summed E-state index contributed by atoms with van der Waals surface area (Å²) in [5, 5.41) is 8.80. The number of sulfone groups is 1. The number of carbonyl (C=O) groups is 1. The topological polar surface area (TPSA) is 71.4 Å². The number of hydrogen-bond donors (Lipinski definition) is 2. The second kappa shape index (κ2) is 3.86. The third-order valence-corrected chi connectivity index (χ3v) is 3.89. The highest BCUT2D eigenvalue weighted by Crippen LogP contribution is 2.25. The van der Waals surface area contributed by atoms with Crippen LogP contribution in [0.3, 0.4) is 0 Å². The van der Waals surface area contributed by atoms with Crippen LogP contribution in [0, 0.1) is 6.92 Å². The second-order valence-electron chi connectivity index (χ2n) is 3.16. The molecule has 0 aromatic heterocycles. The van der Waals surface area contributed by atoms with Crippen molar-refractivity contribution in [1.82, 2.24) is 0 Å². The number of carboxylic acid groups (broad SMARTS) is 1. The monoisotopic (exact) mass is 246 g/mol. The summed E-state index contributed by atoms with van der Waals surface area (Å²) >= 11 is 4.03. The van der Waals surface area contributed by atoms with Gasteiger partial charge in [0.2, 0.25) is 0 Å². The molecule has 0 heterocycles. The summed E-state index contributed by atoms with van der Waals surface area (Å²) in [6.07, 6.45) is 1.06. The minimum absolute atomic E-state index is 0.0494. The molecule has 0 bridgehead atoms. The minimum Gasteiger partial charge on any atom is -0.478 e. The molecule has 0 fully saturated rings. The van der Waals surface area contributed by atoms with Gasteiger partial charge in [0.15, 0.2) is 9.84 Å². The first kappa shape index (κ1) is 12.1. The summed E-state index contributed by atoms with van der Waals surface area (Å²) < 4.78 is 22.6. The van der Waals surface area contributed by atoms with Crippen LogP contribution in [0.5, 0.6) is 0 Å². The molecule has 0 atom stereocenters. The number of hydrogen-bond acceptors (Lipinski definition) is 4. The van der Waals surface area contributed by atoms with E-state index in [1.165, 1.54) is 19.1 Å². The van der Waals surface area contributed by atoms with Gasteiger partial charge in [0.05, 0.1) is 10.5 Å². The zero-order valence-corrected chi connectivity index (χ0v) is 9.89. The molecule has 15 heavy (non-hydrogen) atoms. The van der Waals surface area contributed by atoms with E-state index < -0.39 is 15.8 Å². The molecule has 0 spiro atoms. The van der Waals surface area contributed by atoms with Gasteiger partial charge in [-0.25, -0.2) is 13.2 Å². The molecule has 6 heteroatoms. The van der Waals surface area contributed by atoms with E-state index in [4.69, 9.17) is 5.11 Å². The van der Waals surface area contributed by atoms with E-state index in [0.29, 0.717) is 5.56 Å². The average Bonchev–Trinajstić information content (AvgIpc) is 2.06. The zero-order chi connectivity index (χ0) is 11.8. The van der Waals surface area contributed by atoms with Crippen LogP contribution in [0.4, 0.5) is 0 Å². The molecule has 1 aromatic rings. The largest absolute Gasteiger partial charge is 0.478 e. The molecular formula is C9H10O4S2. The van der Waals surface area contributed by atoms with Gasteiger partial charge in [-0.3, -0.25) is 0 Å². The number of aromatic carboxylic acids is 1. The van der Waals surface area contributed by atoms with Crippen molar-refractivity contribution in [3.63, 3.8) is 0 Å². The summed E-state index contributed by atoms with van der Waals surface area (Å²) in [5.41, 5.74) is 0.418. The number of carboxylic acids is 1. The Morgan fingerprint density at radius 3 is 2.33 bits per heavy atom. The summed E-state index contributed by atoms with van der Waals surface area (Å²) in [6.45, 7) is 1.53. The van der Waals surface area contributed by atoms with Crippen molar-refractivity contribution in [2.24, 2.45) is 0 Å². The minimum atomic E-state index is -3.37. The Labute approximate surface area is 93.3 Å². The summed E-state index contributed by atoms with van der Waals surface area (Å²) in [7, 11) is -3.37. The third kappa shape index (κ3) is 2.32. The molecule has 1 rings (SSSR count). The van der Waals surface area contributed by atoms with Crippen molar-refractivity contribution in [2.45, 2.75) is 16.7 Å². The Morgan fingerprint density at radius 1 is 1.40 bits per heavy atom. The fraction of sp³-hybridized carbons (Fsp3) is 0.222. The molecule has 0 aliphatic heterocycles. The Balaban J connectivity index is 3.55. The van der Waals surface area contributed by atoms with Crippen LogP contribution in [0.2, 0.25) is 0 Å². The quantitative estimate of drug-likeness (QED) is 0.773. The maximum absolute atomic E-state index is 11.3. The molecule has 0 aliphatic rings. The number of benzene rings is 1. The lowest BCUT2D eigenvalue weighted by atomic mass is 10.1. The molecule has 1 N–H and O–H groups in total. The maximum Gasteiger partial charge on any atom is 0.335 e. The average molecular weight is 246 g/mol. The molecule has 82 valence electrons. The van der Waals surface area contributed by atoms with Gasteiger partial charge >= 0.3 is 5.97 Å². The molecule has 0 amide bonds. The zero-order valence-electron chi connectivity index (χ0n) is 8.18. The highest BCUT2D eigenvalue weighted by Gasteiger charge is 2.17. The van der Waals surface area contributed by atoms with Gasteiger partial charge < -0.3 is 5.11 Å². The van der Waals surface area contributed by atoms with Gasteiger partial charge in [-0.05, 0) is 24.6 Å². The molecule has 0 unspecified atom stereocenters. The Kier molecular flexibility index (Phi) is 3.11. The lowest BCUT2D eigenvalue weighted by molar-refractivity contribution is 0.0695. The molecule has 4 nitrogen and oxygen atoms in total. The molecule has 0 saturated heterocycles. The molecular weight excluding hydrogens is 236 g/mol. The van der Waals surface area contributed by atoms with E-state index in [0.717, 1.165) is 6.26 Å². The van der Waals surface area contributed by atoms with Crippen LogP contribution in [-0.4, -0.2) is 25.7 Å². The standard InChI is InChI=1S/C9H10O4S2/c1-5-6(9(10)11)3-4-7(8(5)14)15(2,12)13/h3-4,14H,1-2H3,(H,10,11). The van der Waals surface area contributed by atoms with Crippen LogP contribution >= 0.6 is 12.6 Å². The first-order valence-corrected chi connectivity index (χ1v) is 6.35. The van der Waals surface area contributed by atoms with Gasteiger partial charge in [-0.15, -0.1) is 12.6 Å². The van der Waals surface area contributed by atoms with Crippen molar-refractivity contribution in [2.75, 3.05) is 6.26 Å². The first-order chi connectivity index (χ1) is 6.75. The maximum atomic E-state index is 11.3. The van der Waals surface area contributed by atoms with Crippen molar-refractivity contribution in [3.8, 4) is 0 Å². The van der Waals surface area contributed by atoms with Crippen molar-refractivity contribution >= 4 is 28.4 Å². The predicted octanol–water partition coefficient (Wildman–Crippen LogP) is 1.39. The fourth-order valence-corrected chi connectivity index (χ4v) is 2.72. The van der Waals surface area contributed by atoms with Crippen LogP contribution < -0.4 is 0 Å². The van der Waals surface area contributed by atoms with Crippen molar-refractivity contribution in [3.05, 3.63) is 23.3 Å². The number of thiol groups is 1. The lowest BCUT2D eigenvalue weighted by Crippen LogP contribution is -2.05. The lowest BCUT2D eigenvalue weighted by Gasteiger charge is -2.08. The highest BCUT2D eigenvalue weighted by molar-refractivity contribution is 7.91. The van der Waals surface area contributed by atoms with Gasteiger partial charge in [-0.2, -0.15) is 0 Å². The van der Waals surface area contributed by atoms with Crippen molar-refractivity contribution in [1.29, 1.82) is 0 Å². The van der Waals surface area contributed by atoms with E-state index in [1.807, 2.05) is 0 Å². The van der Waals surface area contributed by atoms with Gasteiger partial charge in [0.25, 0.3) is 0 Å². The van der Waals surface area contributed by atoms with Gasteiger partial charge in [0.1, 0.15) is 0 Å². The van der Waals surface area contributed by atoms with E-state index in [9.17, 15) is 13.2 Å². The smallest absolute Gasteiger partial charge is 0.335 e. The van der Waals surface area contributed by atoms with Gasteiger partial charge in [-0.1, -0.05) is 0 Å². The summed E-state index contributed by atoms with van der Waals surface area (Å²) in [6, 6.07) is 2.53. The van der Waals surface area contributed by atoms with Crippen LogP contribution in [0.25, 0.3) is 0 Å². The Morgan fingerprint density at radius 2 is 1.93 bits per heavy atom. The summed E-state index contributed by atoms with van der Waals surface area (Å²) in [5.74, 6) is -1.09. The van der Waals surface area contributed by atoms with Gasteiger partial charge in [0, 0.05) is 11.2 Å². The Hall–Kier alpha value is -1.01. The molecule has 0 saturated carbocycles. The number of rotatable bonds is 2. The Bertz CT molecular complexity index is 517. The van der Waals surface area contributed by atoms with E-state index >= 15 is 0 Å². The van der Waals surface area contributed by atoms with E-state index in [2.05, 4.69) is 12.6 Å². The summed E-state index contributed by atoms with van der Waals surface area (Å²) in [4.78, 5) is 11.0. The van der Waals surface area contributed by atoms with Crippen LogP contribution in [-0.2, 0) is 9.84 Å². The van der Waals surface area contributed by atoms with Crippen molar-refractivity contribution < 1.29 is 18.3 Å². The SMILES string of the molecule is Cc1c(C(=O)O)ccc(S(C)(=O)=O)c1S. The second-order valence-corrected chi connectivity index (χ2v) is 5.59. The molecule has 0 radical (unpaired) electrons. The van der Waals surface area contributed by atoms with Crippen LogP contribution in [0.15, 0.2) is 21.9 Å².